The predicted molar refractivity (Wildman–Crippen MR) is 99.8 cm³/mol. The predicted octanol–water partition coefficient (Wildman–Crippen LogP) is 1.41. The van der Waals surface area contributed by atoms with Crippen LogP contribution in [0.25, 0.3) is 0 Å². The minimum absolute atomic E-state index is 0.0344. The lowest BCUT2D eigenvalue weighted by Gasteiger charge is -2.27. The summed E-state index contributed by atoms with van der Waals surface area (Å²) in [5.41, 5.74) is 1.66. The monoisotopic (exact) mass is 382 g/mol. The fourth-order valence-electron chi connectivity index (χ4n) is 2.93. The Labute approximate surface area is 154 Å². The maximum absolute atomic E-state index is 12.6. The van der Waals surface area contributed by atoms with Gasteiger partial charge in [0.1, 0.15) is 0 Å². The Morgan fingerprint density at radius 3 is 2.42 bits per heavy atom. The Morgan fingerprint density at radius 2 is 1.92 bits per heavy atom. The van der Waals surface area contributed by atoms with Crippen molar-refractivity contribution in [1.29, 1.82) is 0 Å². The van der Waals surface area contributed by atoms with Crippen LogP contribution < -0.4 is 5.32 Å². The number of carbonyl (C=O) groups is 2. The van der Waals surface area contributed by atoms with Gasteiger partial charge in [0.15, 0.2) is 9.84 Å². The number of rotatable bonds is 6. The van der Waals surface area contributed by atoms with E-state index in [1.54, 1.807) is 12.1 Å². The summed E-state index contributed by atoms with van der Waals surface area (Å²) in [6.45, 7) is 4.55. The molecular weight excluding hydrogens is 356 g/mol. The van der Waals surface area contributed by atoms with Gasteiger partial charge in [-0.2, -0.15) is 0 Å². The lowest BCUT2D eigenvalue weighted by Crippen LogP contribution is -2.47. The van der Waals surface area contributed by atoms with E-state index < -0.39 is 27.7 Å². The van der Waals surface area contributed by atoms with Crippen LogP contribution in [0.4, 0.5) is 5.69 Å². The molecule has 1 aromatic rings. The second-order valence-corrected chi connectivity index (χ2v) is 9.01. The molecule has 1 aliphatic rings. The van der Waals surface area contributed by atoms with Gasteiger partial charge in [-0.3, -0.25) is 9.59 Å². The van der Waals surface area contributed by atoms with Crippen LogP contribution in [-0.2, 0) is 24.2 Å². The van der Waals surface area contributed by atoms with Gasteiger partial charge in [0.25, 0.3) is 0 Å². The zero-order valence-electron chi connectivity index (χ0n) is 15.4. The molecule has 0 aliphatic carbocycles. The van der Waals surface area contributed by atoms with Crippen molar-refractivity contribution in [2.75, 3.05) is 37.1 Å². The average Bonchev–Trinajstić information content (AvgIpc) is 2.95. The smallest absolute Gasteiger partial charge is 0.313 e. The fraction of sp³-hybridized carbons (Fsp3) is 0.556. The van der Waals surface area contributed by atoms with Gasteiger partial charge in [-0.25, -0.2) is 8.42 Å². The molecule has 1 aliphatic heterocycles. The van der Waals surface area contributed by atoms with Gasteiger partial charge in [0, 0.05) is 25.4 Å². The average molecular weight is 382 g/mol. The molecular formula is C18H26N2O5S. The number of benzene rings is 1. The molecule has 1 N–H and O–H groups in total. The molecule has 2 amide bonds. The number of hydrogen-bond acceptors (Lipinski definition) is 5. The second kappa shape index (κ2) is 8.64. The molecule has 2 rings (SSSR count). The van der Waals surface area contributed by atoms with Crippen molar-refractivity contribution in [1.82, 2.24) is 4.90 Å². The van der Waals surface area contributed by atoms with Crippen molar-refractivity contribution >= 4 is 27.3 Å². The molecule has 0 aromatic heterocycles. The molecule has 1 aromatic carbocycles. The topological polar surface area (TPSA) is 92.8 Å². The first-order chi connectivity index (χ1) is 12.2. The van der Waals surface area contributed by atoms with Gasteiger partial charge in [0.05, 0.1) is 18.1 Å². The van der Waals surface area contributed by atoms with Crippen molar-refractivity contribution in [2.24, 2.45) is 0 Å². The summed E-state index contributed by atoms with van der Waals surface area (Å²) in [4.78, 5) is 26.3. The molecule has 0 spiro atoms. The molecule has 1 heterocycles. The quantitative estimate of drug-likeness (QED) is 0.751. The number of anilines is 1. The number of hydrogen-bond donors (Lipinski definition) is 1. The van der Waals surface area contributed by atoms with Crippen LogP contribution in [-0.4, -0.2) is 62.9 Å². The lowest BCUT2D eigenvalue weighted by molar-refractivity contribution is -0.144. The number of methoxy groups -OCH3 is 1. The third-order valence-electron chi connectivity index (χ3n) is 4.48. The van der Waals surface area contributed by atoms with Crippen molar-refractivity contribution in [3.8, 4) is 0 Å². The number of sulfone groups is 1. The van der Waals surface area contributed by atoms with Crippen LogP contribution in [0.2, 0.25) is 0 Å². The highest BCUT2D eigenvalue weighted by atomic mass is 32.2. The van der Waals surface area contributed by atoms with E-state index in [1.165, 1.54) is 12.0 Å². The normalized spacial score (nSPS) is 18.7. The van der Waals surface area contributed by atoms with E-state index in [-0.39, 0.29) is 24.7 Å². The molecule has 1 unspecified atom stereocenters. The Kier molecular flexibility index (Phi) is 6.77. The Balaban J connectivity index is 2.07. The van der Waals surface area contributed by atoms with Gasteiger partial charge >= 0.3 is 11.8 Å². The van der Waals surface area contributed by atoms with E-state index >= 15 is 0 Å². The maximum Gasteiger partial charge on any atom is 0.313 e. The van der Waals surface area contributed by atoms with Gasteiger partial charge in [-0.05, 0) is 30.0 Å². The summed E-state index contributed by atoms with van der Waals surface area (Å²) >= 11 is 0. The number of ether oxygens (including phenoxy) is 1. The van der Waals surface area contributed by atoms with E-state index in [0.29, 0.717) is 18.0 Å². The van der Waals surface area contributed by atoms with Crippen molar-refractivity contribution in [2.45, 2.75) is 32.2 Å². The summed E-state index contributed by atoms with van der Waals surface area (Å²) in [6, 6.07) is 6.81. The van der Waals surface area contributed by atoms with Crippen LogP contribution in [0, 0.1) is 0 Å². The summed E-state index contributed by atoms with van der Waals surface area (Å²) in [5, 5.41) is 2.59. The van der Waals surface area contributed by atoms with Crippen LogP contribution in [0.1, 0.15) is 31.7 Å². The number of carbonyl (C=O) groups excluding carboxylic acids is 2. The number of nitrogens with one attached hydrogen (secondary N) is 1. The molecule has 0 saturated carbocycles. The number of amides is 2. The summed E-state index contributed by atoms with van der Waals surface area (Å²) in [5.74, 6) is -1.22. The SMILES string of the molecule is COCCN(C(=O)C(=O)Nc1ccc(C(C)C)cc1)C1CCS(=O)(=O)C1. The van der Waals surface area contributed by atoms with Crippen LogP contribution >= 0.6 is 0 Å². The molecule has 8 heteroatoms. The van der Waals surface area contributed by atoms with Crippen molar-refractivity contribution < 1.29 is 22.7 Å². The first-order valence-electron chi connectivity index (χ1n) is 8.65. The molecule has 1 atom stereocenters. The molecule has 26 heavy (non-hydrogen) atoms. The molecule has 7 nitrogen and oxygen atoms in total. The first-order valence-corrected chi connectivity index (χ1v) is 10.5. The van der Waals surface area contributed by atoms with Gasteiger partial charge in [0.2, 0.25) is 0 Å². The van der Waals surface area contributed by atoms with Crippen LogP contribution in [0.15, 0.2) is 24.3 Å². The maximum atomic E-state index is 12.6. The molecule has 0 radical (unpaired) electrons. The van der Waals surface area contributed by atoms with Crippen LogP contribution in [0.3, 0.4) is 0 Å². The fourth-order valence-corrected chi connectivity index (χ4v) is 4.66. The lowest BCUT2D eigenvalue weighted by atomic mass is 10.0. The summed E-state index contributed by atoms with van der Waals surface area (Å²) in [6.07, 6.45) is 0.341. The van der Waals surface area contributed by atoms with E-state index in [1.807, 2.05) is 12.1 Å². The largest absolute Gasteiger partial charge is 0.383 e. The molecule has 144 valence electrons. The highest BCUT2D eigenvalue weighted by Crippen LogP contribution is 2.19. The molecule has 1 fully saturated rings. The van der Waals surface area contributed by atoms with Crippen molar-refractivity contribution in [3.05, 3.63) is 29.8 Å². The zero-order chi connectivity index (χ0) is 19.3. The summed E-state index contributed by atoms with van der Waals surface area (Å²) in [7, 11) is -1.67. The Hall–Kier alpha value is -1.93. The summed E-state index contributed by atoms with van der Waals surface area (Å²) < 4.78 is 28.4. The Morgan fingerprint density at radius 1 is 1.27 bits per heavy atom. The molecule has 0 bridgehead atoms. The van der Waals surface area contributed by atoms with E-state index in [4.69, 9.17) is 4.74 Å². The highest BCUT2D eigenvalue weighted by molar-refractivity contribution is 7.91. The third kappa shape index (κ3) is 5.28. The zero-order valence-corrected chi connectivity index (χ0v) is 16.2. The van der Waals surface area contributed by atoms with Gasteiger partial charge in [-0.1, -0.05) is 26.0 Å². The standard InChI is InChI=1S/C18H26N2O5S/c1-13(2)14-4-6-15(7-5-14)19-17(21)18(22)20(9-10-25-3)16-8-11-26(23,24)12-16/h4-7,13,16H,8-12H2,1-3H3,(H,19,21). The van der Waals surface area contributed by atoms with Crippen LogP contribution in [0.5, 0.6) is 0 Å². The minimum Gasteiger partial charge on any atom is -0.383 e. The van der Waals surface area contributed by atoms with Gasteiger partial charge in [-0.15, -0.1) is 0 Å². The highest BCUT2D eigenvalue weighted by Gasteiger charge is 2.36. The third-order valence-corrected chi connectivity index (χ3v) is 6.23. The van der Waals surface area contributed by atoms with E-state index in [0.717, 1.165) is 5.56 Å². The second-order valence-electron chi connectivity index (χ2n) is 6.78. The number of nitrogens with zero attached hydrogens (tertiary/aromatic N) is 1. The van der Waals surface area contributed by atoms with E-state index in [2.05, 4.69) is 19.2 Å². The van der Waals surface area contributed by atoms with Gasteiger partial charge < -0.3 is 15.0 Å². The van der Waals surface area contributed by atoms with E-state index in [9.17, 15) is 18.0 Å². The Bertz CT molecular complexity index is 743. The van der Waals surface area contributed by atoms with Crippen molar-refractivity contribution in [3.63, 3.8) is 0 Å². The first kappa shape index (κ1) is 20.4. The minimum atomic E-state index is -3.16. The molecule has 1 saturated heterocycles.